The van der Waals surface area contributed by atoms with Gasteiger partial charge >= 0.3 is 0 Å². The normalized spacial score (nSPS) is 12.1. The molecular weight excluding hydrogens is 246 g/mol. The number of nitrogens with zero attached hydrogens (tertiary/aromatic N) is 3. The van der Waals surface area contributed by atoms with E-state index < -0.39 is 0 Å². The van der Waals surface area contributed by atoms with Crippen molar-refractivity contribution in [3.05, 3.63) is 41.0 Å². The van der Waals surface area contributed by atoms with Crippen LogP contribution < -0.4 is 0 Å². The smallest absolute Gasteiger partial charge is 0.145 e. The highest BCUT2D eigenvalue weighted by Gasteiger charge is 2.19. The van der Waals surface area contributed by atoms with Crippen molar-refractivity contribution < 1.29 is 0 Å². The van der Waals surface area contributed by atoms with Crippen LogP contribution in [0, 0.1) is 11.3 Å². The molecule has 0 radical (unpaired) electrons. The van der Waals surface area contributed by atoms with Gasteiger partial charge < -0.3 is 0 Å². The second-order valence-corrected chi connectivity index (χ2v) is 4.55. The molecular formula is C14H14ClN3. The van der Waals surface area contributed by atoms with Gasteiger partial charge in [-0.25, -0.2) is 4.68 Å². The first-order valence-corrected chi connectivity index (χ1v) is 6.30. The lowest BCUT2D eigenvalue weighted by atomic mass is 10.1. The Balaban J connectivity index is 2.59. The molecule has 1 heterocycles. The van der Waals surface area contributed by atoms with Crippen LogP contribution in [0.2, 0.25) is 5.15 Å². The molecule has 92 valence electrons. The second kappa shape index (κ2) is 5.24. The molecule has 0 amide bonds. The Bertz CT molecular complexity index is 581. The van der Waals surface area contributed by atoms with Crippen molar-refractivity contribution in [2.24, 2.45) is 0 Å². The van der Waals surface area contributed by atoms with Crippen molar-refractivity contribution in [3.63, 3.8) is 0 Å². The summed E-state index contributed by atoms with van der Waals surface area (Å²) < 4.78 is 1.72. The van der Waals surface area contributed by atoms with Crippen molar-refractivity contribution in [1.82, 2.24) is 9.78 Å². The number of benzene rings is 1. The highest BCUT2D eigenvalue weighted by molar-refractivity contribution is 6.31. The third-order valence-electron chi connectivity index (χ3n) is 3.02. The van der Waals surface area contributed by atoms with Crippen LogP contribution in [-0.4, -0.2) is 9.78 Å². The summed E-state index contributed by atoms with van der Waals surface area (Å²) in [6, 6.07) is 12.0. The number of aromatic nitrogens is 2. The van der Waals surface area contributed by atoms with Gasteiger partial charge in [0, 0.05) is 5.56 Å². The van der Waals surface area contributed by atoms with E-state index in [2.05, 4.69) is 18.1 Å². The van der Waals surface area contributed by atoms with E-state index in [4.69, 9.17) is 11.6 Å². The van der Waals surface area contributed by atoms with Gasteiger partial charge in [-0.15, -0.1) is 0 Å². The summed E-state index contributed by atoms with van der Waals surface area (Å²) in [7, 11) is 0. The van der Waals surface area contributed by atoms with Gasteiger partial charge in [-0.1, -0.05) is 48.9 Å². The average molecular weight is 260 g/mol. The molecule has 0 N–H and O–H groups in total. The molecule has 0 aliphatic heterocycles. The van der Waals surface area contributed by atoms with E-state index in [1.165, 1.54) is 0 Å². The fourth-order valence-electron chi connectivity index (χ4n) is 1.78. The molecule has 1 atom stereocenters. The molecule has 1 unspecified atom stereocenters. The molecule has 0 bridgehead atoms. The van der Waals surface area contributed by atoms with E-state index in [9.17, 15) is 5.26 Å². The van der Waals surface area contributed by atoms with Gasteiger partial charge in [0.2, 0.25) is 0 Å². The number of rotatable bonds is 3. The molecule has 18 heavy (non-hydrogen) atoms. The van der Waals surface area contributed by atoms with Crippen LogP contribution in [-0.2, 0) is 0 Å². The summed E-state index contributed by atoms with van der Waals surface area (Å²) in [5.41, 5.74) is 2.02. The van der Waals surface area contributed by atoms with Gasteiger partial charge in [0.1, 0.15) is 22.5 Å². The van der Waals surface area contributed by atoms with E-state index in [0.29, 0.717) is 16.4 Å². The van der Waals surface area contributed by atoms with Crippen molar-refractivity contribution >= 4 is 11.6 Å². The van der Waals surface area contributed by atoms with E-state index in [1.54, 1.807) is 4.68 Å². The SMILES string of the molecule is CCC(C)n1nc(-c2ccccc2)c(C#N)c1Cl. The predicted molar refractivity (Wildman–Crippen MR) is 72.4 cm³/mol. The van der Waals surface area contributed by atoms with E-state index in [1.807, 2.05) is 37.3 Å². The minimum atomic E-state index is 0.182. The number of hydrogen-bond donors (Lipinski definition) is 0. The molecule has 0 saturated carbocycles. The Kier molecular flexibility index (Phi) is 3.69. The number of halogens is 1. The van der Waals surface area contributed by atoms with Crippen LogP contribution in [0.15, 0.2) is 30.3 Å². The first kappa shape index (κ1) is 12.7. The lowest BCUT2D eigenvalue weighted by molar-refractivity contribution is 0.480. The third-order valence-corrected chi connectivity index (χ3v) is 3.38. The molecule has 2 rings (SSSR count). The fourth-order valence-corrected chi connectivity index (χ4v) is 2.11. The zero-order chi connectivity index (χ0) is 13.1. The summed E-state index contributed by atoms with van der Waals surface area (Å²) in [5, 5.41) is 14.1. The third kappa shape index (κ3) is 2.12. The molecule has 1 aromatic heterocycles. The maximum absolute atomic E-state index is 9.24. The molecule has 0 fully saturated rings. The molecule has 0 aliphatic carbocycles. The number of nitriles is 1. The Morgan fingerprint density at radius 2 is 2.06 bits per heavy atom. The first-order chi connectivity index (χ1) is 8.69. The van der Waals surface area contributed by atoms with Gasteiger partial charge in [0.25, 0.3) is 0 Å². The van der Waals surface area contributed by atoms with Gasteiger partial charge in [-0.2, -0.15) is 10.4 Å². The average Bonchev–Trinajstić information content (AvgIpc) is 2.76. The maximum Gasteiger partial charge on any atom is 0.145 e. The summed E-state index contributed by atoms with van der Waals surface area (Å²) in [4.78, 5) is 0. The maximum atomic E-state index is 9.24. The van der Waals surface area contributed by atoms with Crippen LogP contribution >= 0.6 is 11.6 Å². The molecule has 0 spiro atoms. The minimum Gasteiger partial charge on any atom is -0.249 e. The lowest BCUT2D eigenvalue weighted by Crippen LogP contribution is -2.05. The topological polar surface area (TPSA) is 41.6 Å². The van der Waals surface area contributed by atoms with E-state index >= 15 is 0 Å². The Labute approximate surface area is 112 Å². The minimum absolute atomic E-state index is 0.182. The first-order valence-electron chi connectivity index (χ1n) is 5.92. The van der Waals surface area contributed by atoms with E-state index in [-0.39, 0.29) is 6.04 Å². The van der Waals surface area contributed by atoms with E-state index in [0.717, 1.165) is 12.0 Å². The van der Waals surface area contributed by atoms with Gasteiger partial charge in [0.05, 0.1) is 6.04 Å². The summed E-state index contributed by atoms with van der Waals surface area (Å²) in [5.74, 6) is 0. The standard InChI is InChI=1S/C14H14ClN3/c1-3-10(2)18-14(15)12(9-16)13(17-18)11-7-5-4-6-8-11/h4-8,10H,3H2,1-2H3. The van der Waals surface area contributed by atoms with Crippen molar-refractivity contribution in [2.45, 2.75) is 26.3 Å². The highest BCUT2D eigenvalue weighted by atomic mass is 35.5. The molecule has 2 aromatic rings. The summed E-state index contributed by atoms with van der Waals surface area (Å²) >= 11 is 6.23. The fraction of sp³-hybridized carbons (Fsp3) is 0.286. The summed E-state index contributed by atoms with van der Waals surface area (Å²) in [6.45, 7) is 4.10. The van der Waals surface area contributed by atoms with Crippen LogP contribution in [0.5, 0.6) is 0 Å². The second-order valence-electron chi connectivity index (χ2n) is 4.19. The molecule has 0 saturated heterocycles. The van der Waals surface area contributed by atoms with Crippen molar-refractivity contribution in [3.8, 4) is 17.3 Å². The highest BCUT2D eigenvalue weighted by Crippen LogP contribution is 2.30. The zero-order valence-corrected chi connectivity index (χ0v) is 11.1. The van der Waals surface area contributed by atoms with Gasteiger partial charge in [0.15, 0.2) is 0 Å². The van der Waals surface area contributed by atoms with Crippen LogP contribution in [0.3, 0.4) is 0 Å². The van der Waals surface area contributed by atoms with Crippen molar-refractivity contribution in [1.29, 1.82) is 5.26 Å². The molecule has 1 aromatic carbocycles. The van der Waals surface area contributed by atoms with Crippen LogP contribution in [0.25, 0.3) is 11.3 Å². The van der Waals surface area contributed by atoms with Gasteiger partial charge in [-0.3, -0.25) is 0 Å². The lowest BCUT2D eigenvalue weighted by Gasteiger charge is -2.09. The molecule has 0 aliphatic rings. The van der Waals surface area contributed by atoms with Crippen LogP contribution in [0.1, 0.15) is 31.9 Å². The Morgan fingerprint density at radius 1 is 1.39 bits per heavy atom. The molecule has 4 heteroatoms. The van der Waals surface area contributed by atoms with Crippen LogP contribution in [0.4, 0.5) is 0 Å². The zero-order valence-electron chi connectivity index (χ0n) is 10.4. The van der Waals surface area contributed by atoms with Crippen molar-refractivity contribution in [2.75, 3.05) is 0 Å². The largest absolute Gasteiger partial charge is 0.249 e. The van der Waals surface area contributed by atoms with Gasteiger partial charge in [-0.05, 0) is 13.3 Å². The Hall–Kier alpha value is -1.79. The summed E-state index contributed by atoms with van der Waals surface area (Å²) in [6.07, 6.45) is 0.917. The quantitative estimate of drug-likeness (QED) is 0.835. The number of hydrogen-bond acceptors (Lipinski definition) is 2. The monoisotopic (exact) mass is 259 g/mol. The predicted octanol–water partition coefficient (Wildman–Crippen LogP) is 4.05. The molecule has 3 nitrogen and oxygen atoms in total. The Morgan fingerprint density at radius 3 is 2.61 bits per heavy atom.